The van der Waals surface area contributed by atoms with E-state index in [-0.39, 0.29) is 12.5 Å². The Morgan fingerprint density at radius 3 is 2.35 bits per heavy atom. The number of amides is 1. The number of nitrogens with zero attached hydrogens (tertiary/aromatic N) is 2. The molecule has 0 bridgehead atoms. The van der Waals surface area contributed by atoms with Crippen molar-refractivity contribution >= 4 is 21.8 Å². The van der Waals surface area contributed by atoms with Gasteiger partial charge in [0.1, 0.15) is 0 Å². The van der Waals surface area contributed by atoms with Crippen LogP contribution in [0.2, 0.25) is 0 Å². The molecule has 0 saturated heterocycles. The highest BCUT2D eigenvalue weighted by Gasteiger charge is 2.22. The average molecular weight is 299 g/mol. The number of likely N-dealkylation sites (N-methyl/N-ethyl adjacent to an activating group) is 1. The monoisotopic (exact) mass is 299 g/mol. The first-order valence-corrected chi connectivity index (χ1v) is 7.56. The maximum absolute atomic E-state index is 11.9. The Balaban J connectivity index is 2.77. The molecule has 0 spiro atoms. The minimum absolute atomic E-state index is 0.228. The van der Waals surface area contributed by atoms with Crippen molar-refractivity contribution in [2.45, 2.75) is 13.8 Å². The maximum Gasteiger partial charge on any atom is 0.281 e. The van der Waals surface area contributed by atoms with Crippen LogP contribution in [-0.2, 0) is 15.0 Å². The Kier molecular flexibility index (Phi) is 5.27. The smallest absolute Gasteiger partial charge is 0.281 e. The molecular formula is C13H21N3O3S. The third-order valence-electron chi connectivity index (χ3n) is 3.10. The summed E-state index contributed by atoms with van der Waals surface area (Å²) in [6.45, 7) is 3.63. The molecule has 1 amide bonds. The van der Waals surface area contributed by atoms with Crippen molar-refractivity contribution in [2.75, 3.05) is 33.0 Å². The quantitative estimate of drug-likeness (QED) is 0.881. The molecule has 0 aliphatic heterocycles. The number of carbonyl (C=O) groups is 1. The number of hydrogen-bond donors (Lipinski definition) is 1. The first-order chi connectivity index (χ1) is 9.16. The zero-order valence-electron chi connectivity index (χ0n) is 12.5. The van der Waals surface area contributed by atoms with Gasteiger partial charge in [0.25, 0.3) is 10.2 Å². The molecule has 1 aromatic carbocycles. The molecule has 0 aliphatic rings. The van der Waals surface area contributed by atoms with Gasteiger partial charge in [-0.15, -0.1) is 0 Å². The van der Waals surface area contributed by atoms with Gasteiger partial charge in [-0.1, -0.05) is 12.1 Å². The molecule has 0 saturated carbocycles. The second-order valence-electron chi connectivity index (χ2n) is 4.84. The van der Waals surface area contributed by atoms with Crippen molar-refractivity contribution in [1.29, 1.82) is 0 Å². The number of aryl methyl sites for hydroxylation is 1. The predicted molar refractivity (Wildman–Crippen MR) is 79.8 cm³/mol. The summed E-state index contributed by atoms with van der Waals surface area (Å²) in [6.07, 6.45) is 0. The summed E-state index contributed by atoms with van der Waals surface area (Å²) in [5.74, 6) is -0.369. The molecule has 6 nitrogen and oxygen atoms in total. The summed E-state index contributed by atoms with van der Waals surface area (Å²) in [5, 5.41) is 2.73. The van der Waals surface area contributed by atoms with E-state index in [9.17, 15) is 13.2 Å². The SMILES string of the molecule is Cc1cccc(NC(=O)CN(C)S(=O)(=O)N(C)C)c1C. The van der Waals surface area contributed by atoms with Gasteiger partial charge in [0.15, 0.2) is 0 Å². The molecule has 112 valence electrons. The van der Waals surface area contributed by atoms with E-state index in [1.807, 2.05) is 26.0 Å². The lowest BCUT2D eigenvalue weighted by Crippen LogP contribution is -2.41. The van der Waals surface area contributed by atoms with E-state index in [4.69, 9.17) is 0 Å². The summed E-state index contributed by atoms with van der Waals surface area (Å²) in [7, 11) is 0.646. The van der Waals surface area contributed by atoms with Crippen molar-refractivity contribution < 1.29 is 13.2 Å². The van der Waals surface area contributed by atoms with Crippen molar-refractivity contribution in [3.8, 4) is 0 Å². The molecule has 0 heterocycles. The zero-order valence-corrected chi connectivity index (χ0v) is 13.3. The second-order valence-corrected chi connectivity index (χ2v) is 7.09. The van der Waals surface area contributed by atoms with Crippen LogP contribution in [0.4, 0.5) is 5.69 Å². The predicted octanol–water partition coefficient (Wildman–Crippen LogP) is 0.980. The number of rotatable bonds is 5. The molecule has 0 unspecified atom stereocenters. The lowest BCUT2D eigenvalue weighted by atomic mass is 10.1. The lowest BCUT2D eigenvalue weighted by molar-refractivity contribution is -0.116. The summed E-state index contributed by atoms with van der Waals surface area (Å²) < 4.78 is 25.7. The molecule has 1 aromatic rings. The third-order valence-corrected chi connectivity index (χ3v) is 4.94. The Bertz CT molecular complexity index is 597. The van der Waals surface area contributed by atoms with E-state index >= 15 is 0 Å². The van der Waals surface area contributed by atoms with Gasteiger partial charge in [0.05, 0.1) is 6.54 Å². The highest BCUT2D eigenvalue weighted by molar-refractivity contribution is 7.86. The van der Waals surface area contributed by atoms with E-state index in [0.29, 0.717) is 5.69 Å². The minimum atomic E-state index is -3.58. The van der Waals surface area contributed by atoms with Crippen molar-refractivity contribution in [3.05, 3.63) is 29.3 Å². The summed E-state index contributed by atoms with van der Waals surface area (Å²) >= 11 is 0. The van der Waals surface area contributed by atoms with Crippen molar-refractivity contribution in [2.24, 2.45) is 0 Å². The van der Waals surface area contributed by atoms with E-state index in [2.05, 4.69) is 5.32 Å². The molecule has 20 heavy (non-hydrogen) atoms. The fourth-order valence-corrected chi connectivity index (χ4v) is 2.48. The van der Waals surface area contributed by atoms with Gasteiger partial charge in [-0.25, -0.2) is 0 Å². The highest BCUT2D eigenvalue weighted by Crippen LogP contribution is 2.17. The molecule has 0 fully saturated rings. The summed E-state index contributed by atoms with van der Waals surface area (Å²) in [5.41, 5.74) is 2.74. The average Bonchev–Trinajstić information content (AvgIpc) is 2.34. The molecule has 1 rings (SSSR count). The van der Waals surface area contributed by atoms with Gasteiger partial charge in [0.2, 0.25) is 5.91 Å². The zero-order chi connectivity index (χ0) is 15.5. The number of nitrogens with one attached hydrogen (secondary N) is 1. The van der Waals surface area contributed by atoms with Crippen LogP contribution in [0.25, 0.3) is 0 Å². The Morgan fingerprint density at radius 2 is 1.80 bits per heavy atom. The number of anilines is 1. The number of hydrogen-bond acceptors (Lipinski definition) is 3. The standard InChI is InChI=1S/C13H21N3O3S/c1-10-7-6-8-12(11(10)2)14-13(17)9-16(5)20(18,19)15(3)4/h6-8H,9H2,1-5H3,(H,14,17). The Morgan fingerprint density at radius 1 is 1.20 bits per heavy atom. The third kappa shape index (κ3) is 3.78. The largest absolute Gasteiger partial charge is 0.325 e. The van der Waals surface area contributed by atoms with Crippen LogP contribution < -0.4 is 5.32 Å². The van der Waals surface area contributed by atoms with Crippen LogP contribution in [0.15, 0.2) is 18.2 Å². The molecule has 0 atom stereocenters. The maximum atomic E-state index is 11.9. The van der Waals surface area contributed by atoms with Crippen LogP contribution in [0.5, 0.6) is 0 Å². The van der Waals surface area contributed by atoms with Crippen LogP contribution >= 0.6 is 0 Å². The molecule has 0 radical (unpaired) electrons. The molecule has 7 heteroatoms. The Hall–Kier alpha value is -1.44. The lowest BCUT2D eigenvalue weighted by Gasteiger charge is -2.21. The molecule has 1 N–H and O–H groups in total. The highest BCUT2D eigenvalue weighted by atomic mass is 32.2. The van der Waals surface area contributed by atoms with E-state index < -0.39 is 10.2 Å². The van der Waals surface area contributed by atoms with Crippen molar-refractivity contribution in [3.63, 3.8) is 0 Å². The van der Waals surface area contributed by atoms with Gasteiger partial charge in [-0.2, -0.15) is 17.0 Å². The fraction of sp³-hybridized carbons (Fsp3) is 0.462. The van der Waals surface area contributed by atoms with Gasteiger partial charge in [-0.05, 0) is 31.0 Å². The van der Waals surface area contributed by atoms with Gasteiger partial charge >= 0.3 is 0 Å². The number of carbonyl (C=O) groups excluding carboxylic acids is 1. The first-order valence-electron chi connectivity index (χ1n) is 6.16. The summed E-state index contributed by atoms with van der Waals surface area (Å²) in [4.78, 5) is 11.9. The van der Waals surface area contributed by atoms with Crippen LogP contribution in [0, 0.1) is 13.8 Å². The Labute approximate surface area is 120 Å². The number of benzene rings is 1. The fourth-order valence-electron chi connectivity index (χ4n) is 1.64. The van der Waals surface area contributed by atoms with Gasteiger partial charge in [-0.3, -0.25) is 4.79 Å². The van der Waals surface area contributed by atoms with Crippen LogP contribution in [-0.4, -0.2) is 50.6 Å². The van der Waals surface area contributed by atoms with E-state index in [1.165, 1.54) is 21.1 Å². The normalized spacial score (nSPS) is 11.9. The van der Waals surface area contributed by atoms with E-state index in [1.54, 1.807) is 6.07 Å². The van der Waals surface area contributed by atoms with E-state index in [0.717, 1.165) is 19.7 Å². The topological polar surface area (TPSA) is 69.7 Å². The van der Waals surface area contributed by atoms with Gasteiger partial charge in [0, 0.05) is 26.8 Å². The second kappa shape index (κ2) is 6.34. The minimum Gasteiger partial charge on any atom is -0.325 e. The van der Waals surface area contributed by atoms with Gasteiger partial charge < -0.3 is 5.32 Å². The van der Waals surface area contributed by atoms with Crippen molar-refractivity contribution in [1.82, 2.24) is 8.61 Å². The first kappa shape index (κ1) is 16.6. The van der Waals surface area contributed by atoms with Crippen LogP contribution in [0.1, 0.15) is 11.1 Å². The molecule has 0 aromatic heterocycles. The summed E-state index contributed by atoms with van der Waals surface area (Å²) in [6, 6.07) is 5.59. The molecule has 0 aliphatic carbocycles. The van der Waals surface area contributed by atoms with Crippen LogP contribution in [0.3, 0.4) is 0 Å². The molecular weight excluding hydrogens is 278 g/mol.